The molecule has 0 N–H and O–H groups in total. The van der Waals surface area contributed by atoms with E-state index < -0.39 is 5.97 Å². The summed E-state index contributed by atoms with van der Waals surface area (Å²) in [6, 6.07) is 8.48. The smallest absolute Gasteiger partial charge is 0.337 e. The molecule has 0 bridgehead atoms. The van der Waals surface area contributed by atoms with Crippen LogP contribution in [0.15, 0.2) is 36.5 Å². The molecule has 0 atom stereocenters. The Hall–Kier alpha value is -2.89. The van der Waals surface area contributed by atoms with Crippen molar-refractivity contribution in [2.75, 3.05) is 14.2 Å². The second-order valence-electron chi connectivity index (χ2n) is 5.63. The zero-order valence-electron chi connectivity index (χ0n) is 14.2. The van der Waals surface area contributed by atoms with E-state index in [9.17, 15) is 14.4 Å². The third-order valence-electron chi connectivity index (χ3n) is 3.77. The number of aromatic nitrogens is 1. The first-order chi connectivity index (χ1) is 11.3. The maximum atomic E-state index is 12.5. The fourth-order valence-electron chi connectivity index (χ4n) is 2.37. The van der Waals surface area contributed by atoms with Crippen LogP contribution in [-0.2, 0) is 18.3 Å². The number of benzene rings is 1. The molecule has 0 unspecified atom stereocenters. The van der Waals surface area contributed by atoms with Crippen molar-refractivity contribution < 1.29 is 19.1 Å². The van der Waals surface area contributed by atoms with E-state index in [4.69, 9.17) is 0 Å². The largest absolute Gasteiger partial charge is 0.465 e. The Kier molecular flexibility index (Phi) is 5.18. The number of esters is 1. The van der Waals surface area contributed by atoms with Crippen molar-refractivity contribution in [3.8, 4) is 0 Å². The van der Waals surface area contributed by atoms with E-state index in [2.05, 4.69) is 4.74 Å². The monoisotopic (exact) mass is 328 g/mol. The molecule has 6 heteroatoms. The van der Waals surface area contributed by atoms with E-state index in [1.165, 1.54) is 14.0 Å². The van der Waals surface area contributed by atoms with Crippen molar-refractivity contribution in [1.82, 2.24) is 9.47 Å². The van der Waals surface area contributed by atoms with Crippen LogP contribution in [0, 0.1) is 0 Å². The first-order valence-corrected chi connectivity index (χ1v) is 7.43. The molecule has 1 amide bonds. The Balaban J connectivity index is 2.11. The zero-order chi connectivity index (χ0) is 17.9. The Bertz CT molecular complexity index is 775. The van der Waals surface area contributed by atoms with Gasteiger partial charge in [0.15, 0.2) is 5.78 Å². The lowest BCUT2D eigenvalue weighted by atomic mass is 10.1. The number of carbonyl (C=O) groups is 3. The Morgan fingerprint density at radius 3 is 2.25 bits per heavy atom. The standard InChI is InChI=1S/C18H20N2O4/c1-12(21)15-9-16(19(2)11-15)17(22)20(3)10-13-5-7-14(8-6-13)18(23)24-4/h5-9,11H,10H2,1-4H3. The van der Waals surface area contributed by atoms with Gasteiger partial charge in [0.2, 0.25) is 0 Å². The minimum absolute atomic E-state index is 0.0781. The van der Waals surface area contributed by atoms with Crippen LogP contribution in [0.1, 0.15) is 43.7 Å². The molecule has 6 nitrogen and oxygen atoms in total. The number of methoxy groups -OCH3 is 1. The number of carbonyl (C=O) groups excluding carboxylic acids is 3. The highest BCUT2D eigenvalue weighted by atomic mass is 16.5. The minimum Gasteiger partial charge on any atom is -0.465 e. The van der Waals surface area contributed by atoms with Crippen LogP contribution >= 0.6 is 0 Å². The van der Waals surface area contributed by atoms with Gasteiger partial charge in [0.25, 0.3) is 5.91 Å². The van der Waals surface area contributed by atoms with Crippen LogP contribution in [-0.4, -0.2) is 41.3 Å². The van der Waals surface area contributed by atoms with E-state index in [-0.39, 0.29) is 11.7 Å². The maximum Gasteiger partial charge on any atom is 0.337 e. The summed E-state index contributed by atoms with van der Waals surface area (Å²) in [7, 11) is 4.76. The molecule has 0 aliphatic carbocycles. The Labute approximate surface area is 140 Å². The third-order valence-corrected chi connectivity index (χ3v) is 3.77. The second kappa shape index (κ2) is 7.12. The normalized spacial score (nSPS) is 10.3. The van der Waals surface area contributed by atoms with Crippen LogP contribution in [0.3, 0.4) is 0 Å². The van der Waals surface area contributed by atoms with Gasteiger partial charge in [-0.2, -0.15) is 0 Å². The van der Waals surface area contributed by atoms with E-state index in [1.807, 2.05) is 0 Å². The quantitative estimate of drug-likeness (QED) is 0.624. The summed E-state index contributed by atoms with van der Waals surface area (Å²) in [6.07, 6.45) is 1.65. The van der Waals surface area contributed by atoms with Crippen LogP contribution < -0.4 is 0 Å². The molecule has 0 radical (unpaired) electrons. The number of ketones is 1. The number of Topliss-reactive ketones (excluding diaryl/α,β-unsaturated/α-hetero) is 1. The van der Waals surface area contributed by atoms with E-state index in [1.54, 1.807) is 60.1 Å². The van der Waals surface area contributed by atoms with Crippen molar-refractivity contribution in [2.45, 2.75) is 13.5 Å². The lowest BCUT2D eigenvalue weighted by molar-refractivity contribution is 0.0600. The molecule has 0 saturated heterocycles. The highest BCUT2D eigenvalue weighted by Crippen LogP contribution is 2.13. The van der Waals surface area contributed by atoms with Crippen LogP contribution in [0.2, 0.25) is 0 Å². The lowest BCUT2D eigenvalue weighted by Crippen LogP contribution is -2.27. The van der Waals surface area contributed by atoms with Gasteiger partial charge in [-0.25, -0.2) is 4.79 Å². The molecule has 24 heavy (non-hydrogen) atoms. The van der Waals surface area contributed by atoms with Crippen molar-refractivity contribution in [2.24, 2.45) is 7.05 Å². The van der Waals surface area contributed by atoms with Gasteiger partial charge in [0.1, 0.15) is 5.69 Å². The van der Waals surface area contributed by atoms with Gasteiger partial charge in [0.05, 0.1) is 12.7 Å². The fourth-order valence-corrected chi connectivity index (χ4v) is 2.37. The Morgan fingerprint density at radius 2 is 1.75 bits per heavy atom. The number of amides is 1. The summed E-state index contributed by atoms with van der Waals surface area (Å²) in [6.45, 7) is 1.86. The number of nitrogens with zero attached hydrogens (tertiary/aromatic N) is 2. The highest BCUT2D eigenvalue weighted by Gasteiger charge is 2.18. The highest BCUT2D eigenvalue weighted by molar-refractivity contribution is 5.99. The van der Waals surface area contributed by atoms with Crippen molar-refractivity contribution in [3.63, 3.8) is 0 Å². The number of rotatable bonds is 5. The lowest BCUT2D eigenvalue weighted by Gasteiger charge is -2.17. The van der Waals surface area contributed by atoms with Gasteiger partial charge in [-0.15, -0.1) is 0 Å². The molecule has 0 aliphatic heterocycles. The predicted molar refractivity (Wildman–Crippen MR) is 89.0 cm³/mol. The number of hydrogen-bond acceptors (Lipinski definition) is 4. The summed E-state index contributed by atoms with van der Waals surface area (Å²) in [5.74, 6) is -0.653. The molecular formula is C18H20N2O4. The minimum atomic E-state index is -0.397. The summed E-state index contributed by atoms with van der Waals surface area (Å²) in [4.78, 5) is 37.0. The van der Waals surface area contributed by atoms with Crippen LogP contribution in [0.4, 0.5) is 0 Å². The average Bonchev–Trinajstić information content (AvgIpc) is 2.96. The fraction of sp³-hybridized carbons (Fsp3) is 0.278. The summed E-state index contributed by atoms with van der Waals surface area (Å²) in [5.41, 5.74) is 2.31. The van der Waals surface area contributed by atoms with Crippen LogP contribution in [0.5, 0.6) is 0 Å². The molecule has 0 aliphatic rings. The van der Waals surface area contributed by atoms with Gasteiger partial charge in [-0.1, -0.05) is 12.1 Å². The number of ether oxygens (including phenoxy) is 1. The topological polar surface area (TPSA) is 68.6 Å². The van der Waals surface area contributed by atoms with Crippen LogP contribution in [0.25, 0.3) is 0 Å². The molecule has 1 aromatic carbocycles. The maximum absolute atomic E-state index is 12.5. The van der Waals surface area contributed by atoms with Crippen molar-refractivity contribution >= 4 is 17.7 Å². The summed E-state index contributed by atoms with van der Waals surface area (Å²) in [5, 5.41) is 0. The molecule has 2 aromatic rings. The molecule has 126 valence electrons. The average molecular weight is 328 g/mol. The van der Waals surface area contributed by atoms with Gasteiger partial charge >= 0.3 is 5.97 Å². The molecule has 2 rings (SSSR count). The molecule has 0 saturated carbocycles. The van der Waals surface area contributed by atoms with Crippen molar-refractivity contribution in [1.29, 1.82) is 0 Å². The molecule has 1 heterocycles. The predicted octanol–water partition coefficient (Wildman–Crippen LogP) is 2.29. The number of hydrogen-bond donors (Lipinski definition) is 0. The SMILES string of the molecule is COC(=O)c1ccc(CN(C)C(=O)c2cc(C(C)=O)cn2C)cc1. The van der Waals surface area contributed by atoms with Gasteiger partial charge in [0, 0.05) is 32.4 Å². The third kappa shape index (κ3) is 3.71. The molecule has 0 spiro atoms. The van der Waals surface area contributed by atoms with E-state index in [0.717, 1.165) is 5.56 Å². The van der Waals surface area contributed by atoms with Gasteiger partial charge < -0.3 is 14.2 Å². The summed E-state index contributed by atoms with van der Waals surface area (Å²) >= 11 is 0. The molecular weight excluding hydrogens is 308 g/mol. The Morgan fingerprint density at radius 1 is 1.12 bits per heavy atom. The van der Waals surface area contributed by atoms with Crippen molar-refractivity contribution in [3.05, 3.63) is 58.9 Å². The molecule has 0 fully saturated rings. The first-order valence-electron chi connectivity index (χ1n) is 7.43. The van der Waals surface area contributed by atoms with E-state index in [0.29, 0.717) is 23.4 Å². The molecule has 1 aromatic heterocycles. The first kappa shape index (κ1) is 17.5. The number of aryl methyl sites for hydroxylation is 1. The summed E-state index contributed by atoms with van der Waals surface area (Å²) < 4.78 is 6.30. The van der Waals surface area contributed by atoms with E-state index >= 15 is 0 Å². The second-order valence-corrected chi connectivity index (χ2v) is 5.63. The van der Waals surface area contributed by atoms with Gasteiger partial charge in [-0.3, -0.25) is 9.59 Å². The zero-order valence-corrected chi connectivity index (χ0v) is 14.2. The van der Waals surface area contributed by atoms with Gasteiger partial charge in [-0.05, 0) is 30.7 Å².